The van der Waals surface area contributed by atoms with Crippen LogP contribution < -0.4 is 10.9 Å². The number of fused-ring (bicyclic) bond motifs is 4. The van der Waals surface area contributed by atoms with Crippen LogP contribution in [-0.4, -0.2) is 31.6 Å². The topological polar surface area (TPSA) is 86.0 Å². The van der Waals surface area contributed by atoms with E-state index in [1.165, 1.54) is 11.8 Å². The maximum Gasteiger partial charge on any atom is 0.266 e. The SMILES string of the molecule is CCn1c2ccccc2c2cc(-n3c(SCC(=O)c4ccc(NC(=O)CC(C)C)cc4)nc4ccccc4c3=O)ccc21. The van der Waals surface area contributed by atoms with Crippen LogP contribution in [0.1, 0.15) is 37.6 Å². The highest BCUT2D eigenvalue weighted by molar-refractivity contribution is 7.99. The number of aryl methyl sites for hydroxylation is 1. The van der Waals surface area contributed by atoms with E-state index in [2.05, 4.69) is 35.0 Å². The maximum absolute atomic E-state index is 13.9. The summed E-state index contributed by atoms with van der Waals surface area (Å²) in [5.41, 5.74) is 4.53. The smallest absolute Gasteiger partial charge is 0.266 e. The summed E-state index contributed by atoms with van der Waals surface area (Å²) < 4.78 is 3.89. The Labute approximate surface area is 253 Å². The number of rotatable bonds is 9. The van der Waals surface area contributed by atoms with E-state index in [1.54, 1.807) is 34.9 Å². The molecule has 2 heterocycles. The molecular formula is C35H32N4O3S. The number of para-hydroxylation sites is 2. The predicted octanol–water partition coefficient (Wildman–Crippen LogP) is 7.47. The summed E-state index contributed by atoms with van der Waals surface area (Å²) in [5.74, 6) is 0.210. The molecule has 0 fully saturated rings. The van der Waals surface area contributed by atoms with Gasteiger partial charge in [-0.2, -0.15) is 0 Å². The van der Waals surface area contributed by atoms with Gasteiger partial charge >= 0.3 is 0 Å². The van der Waals surface area contributed by atoms with Crippen LogP contribution in [0, 0.1) is 5.92 Å². The van der Waals surface area contributed by atoms with Gasteiger partial charge in [-0.3, -0.25) is 19.0 Å². The molecule has 6 rings (SSSR count). The zero-order valence-corrected chi connectivity index (χ0v) is 25.2. The molecule has 216 valence electrons. The fraction of sp³-hybridized carbons (Fsp3) is 0.200. The predicted molar refractivity (Wildman–Crippen MR) is 176 cm³/mol. The van der Waals surface area contributed by atoms with Crippen LogP contribution in [-0.2, 0) is 11.3 Å². The Kier molecular flexibility index (Phi) is 7.86. The van der Waals surface area contributed by atoms with Crippen molar-refractivity contribution >= 4 is 61.8 Å². The molecule has 6 aromatic rings. The molecular weight excluding hydrogens is 556 g/mol. The van der Waals surface area contributed by atoms with E-state index in [0.29, 0.717) is 39.4 Å². The van der Waals surface area contributed by atoms with Crippen molar-refractivity contribution in [1.82, 2.24) is 14.1 Å². The van der Waals surface area contributed by atoms with Crippen molar-refractivity contribution in [1.29, 1.82) is 0 Å². The first-order valence-electron chi connectivity index (χ1n) is 14.4. The molecule has 0 unspecified atom stereocenters. The summed E-state index contributed by atoms with van der Waals surface area (Å²) in [5, 5.41) is 6.02. The Bertz CT molecular complexity index is 2060. The fourth-order valence-corrected chi connectivity index (χ4v) is 6.40. The number of Topliss-reactive ketones (excluding diaryl/α,β-unsaturated/α-hetero) is 1. The van der Waals surface area contributed by atoms with Gasteiger partial charge in [0, 0.05) is 46.0 Å². The van der Waals surface area contributed by atoms with Crippen molar-refractivity contribution < 1.29 is 9.59 Å². The van der Waals surface area contributed by atoms with E-state index < -0.39 is 0 Å². The molecule has 0 spiro atoms. The molecule has 2 aromatic heterocycles. The number of thioether (sulfide) groups is 1. The van der Waals surface area contributed by atoms with E-state index in [9.17, 15) is 14.4 Å². The molecule has 7 nitrogen and oxygen atoms in total. The lowest BCUT2D eigenvalue weighted by atomic mass is 10.1. The van der Waals surface area contributed by atoms with Gasteiger partial charge in [0.2, 0.25) is 5.91 Å². The van der Waals surface area contributed by atoms with Crippen molar-refractivity contribution in [2.75, 3.05) is 11.1 Å². The van der Waals surface area contributed by atoms with Crippen molar-refractivity contribution in [3.8, 4) is 5.69 Å². The van der Waals surface area contributed by atoms with Crippen LogP contribution in [0.3, 0.4) is 0 Å². The highest BCUT2D eigenvalue weighted by Crippen LogP contribution is 2.32. The number of nitrogens with zero attached hydrogens (tertiary/aromatic N) is 3. The van der Waals surface area contributed by atoms with Crippen LogP contribution >= 0.6 is 11.8 Å². The molecule has 0 aliphatic heterocycles. The van der Waals surface area contributed by atoms with Gasteiger partial charge < -0.3 is 9.88 Å². The minimum atomic E-state index is -0.180. The van der Waals surface area contributed by atoms with Gasteiger partial charge in [0.25, 0.3) is 5.56 Å². The summed E-state index contributed by atoms with van der Waals surface area (Å²) >= 11 is 1.24. The molecule has 0 radical (unpaired) electrons. The zero-order valence-electron chi connectivity index (χ0n) is 24.3. The first kappa shape index (κ1) is 28.4. The summed E-state index contributed by atoms with van der Waals surface area (Å²) in [7, 11) is 0. The third-order valence-electron chi connectivity index (χ3n) is 7.49. The van der Waals surface area contributed by atoms with E-state index in [-0.39, 0.29) is 28.9 Å². The lowest BCUT2D eigenvalue weighted by Crippen LogP contribution is -2.22. The van der Waals surface area contributed by atoms with E-state index in [0.717, 1.165) is 28.4 Å². The Hall–Kier alpha value is -4.69. The molecule has 0 aliphatic rings. The minimum absolute atomic E-state index is 0.0533. The number of amides is 1. The maximum atomic E-state index is 13.9. The number of aromatic nitrogens is 3. The molecule has 8 heteroatoms. The number of hydrogen-bond acceptors (Lipinski definition) is 5. The average molecular weight is 589 g/mol. The van der Waals surface area contributed by atoms with Gasteiger partial charge in [-0.15, -0.1) is 0 Å². The third kappa shape index (κ3) is 5.58. The highest BCUT2D eigenvalue weighted by atomic mass is 32.2. The van der Waals surface area contributed by atoms with Gasteiger partial charge in [-0.1, -0.05) is 55.9 Å². The molecule has 0 saturated heterocycles. The van der Waals surface area contributed by atoms with Crippen LogP contribution in [0.5, 0.6) is 0 Å². The Morgan fingerprint density at radius 2 is 1.56 bits per heavy atom. The number of nitrogens with one attached hydrogen (secondary N) is 1. The van der Waals surface area contributed by atoms with Crippen LogP contribution in [0.2, 0.25) is 0 Å². The minimum Gasteiger partial charge on any atom is -0.341 e. The first-order valence-corrected chi connectivity index (χ1v) is 15.4. The zero-order chi connectivity index (χ0) is 30.1. The summed E-state index contributed by atoms with van der Waals surface area (Å²) in [6.07, 6.45) is 0.436. The molecule has 0 aliphatic carbocycles. The summed E-state index contributed by atoms with van der Waals surface area (Å²) in [6, 6.07) is 28.5. The van der Waals surface area contributed by atoms with Gasteiger partial charge in [0.15, 0.2) is 10.9 Å². The van der Waals surface area contributed by atoms with Crippen molar-refractivity contribution in [2.24, 2.45) is 5.92 Å². The number of anilines is 1. The summed E-state index contributed by atoms with van der Waals surface area (Å²) in [4.78, 5) is 44.1. The monoisotopic (exact) mass is 588 g/mol. The van der Waals surface area contributed by atoms with Gasteiger partial charge in [-0.25, -0.2) is 4.98 Å². The van der Waals surface area contributed by atoms with Gasteiger partial charge in [0.1, 0.15) is 0 Å². The highest BCUT2D eigenvalue weighted by Gasteiger charge is 2.18. The van der Waals surface area contributed by atoms with Crippen LogP contribution in [0.4, 0.5) is 5.69 Å². The standard InChI is InChI=1S/C35H32N4O3S/c1-4-38-30-12-8-6-9-26(30)28-20-25(17-18-31(28)38)39-34(42)27-10-5-7-11-29(27)37-35(39)43-21-32(40)23-13-15-24(16-14-23)36-33(41)19-22(2)3/h5-18,20,22H,4,19,21H2,1-3H3,(H,36,41). The molecule has 1 amide bonds. The molecule has 0 atom stereocenters. The first-order chi connectivity index (χ1) is 20.8. The lowest BCUT2D eigenvalue weighted by Gasteiger charge is -2.14. The largest absolute Gasteiger partial charge is 0.341 e. The Morgan fingerprint density at radius 1 is 0.860 bits per heavy atom. The Balaban J connectivity index is 1.34. The van der Waals surface area contributed by atoms with Gasteiger partial charge in [-0.05, 0) is 73.5 Å². The van der Waals surface area contributed by atoms with Crippen molar-refractivity contribution in [2.45, 2.75) is 38.9 Å². The number of ketones is 1. The lowest BCUT2D eigenvalue weighted by molar-refractivity contribution is -0.116. The fourth-order valence-electron chi connectivity index (χ4n) is 5.49. The van der Waals surface area contributed by atoms with E-state index >= 15 is 0 Å². The second kappa shape index (κ2) is 11.9. The second-order valence-electron chi connectivity index (χ2n) is 11.0. The number of benzene rings is 4. The van der Waals surface area contributed by atoms with Crippen LogP contribution in [0.25, 0.3) is 38.4 Å². The quantitative estimate of drug-likeness (QED) is 0.108. The number of carbonyl (C=O) groups excluding carboxylic acids is 2. The van der Waals surface area contributed by atoms with Crippen LogP contribution in [0.15, 0.2) is 101 Å². The third-order valence-corrected chi connectivity index (χ3v) is 8.43. The molecule has 4 aromatic carbocycles. The van der Waals surface area contributed by atoms with Gasteiger partial charge in [0.05, 0.1) is 22.3 Å². The molecule has 0 bridgehead atoms. The van der Waals surface area contributed by atoms with Crippen molar-refractivity contribution in [3.63, 3.8) is 0 Å². The van der Waals surface area contributed by atoms with E-state index in [1.807, 2.05) is 56.3 Å². The van der Waals surface area contributed by atoms with Crippen molar-refractivity contribution in [3.05, 3.63) is 107 Å². The number of carbonyl (C=O) groups is 2. The van der Waals surface area contributed by atoms with E-state index in [4.69, 9.17) is 4.98 Å². The molecule has 0 saturated carbocycles. The molecule has 43 heavy (non-hydrogen) atoms. The Morgan fingerprint density at radius 3 is 2.30 bits per heavy atom. The number of hydrogen-bond donors (Lipinski definition) is 1. The molecule has 1 N–H and O–H groups in total. The normalized spacial score (nSPS) is 11.5. The second-order valence-corrected chi connectivity index (χ2v) is 11.9. The summed E-state index contributed by atoms with van der Waals surface area (Å²) in [6.45, 7) is 6.94. The average Bonchev–Trinajstić information content (AvgIpc) is 3.32.